The molecule has 0 amide bonds. The molecule has 0 heterocycles. The number of nitriles is 1. The third-order valence-corrected chi connectivity index (χ3v) is 1.71. The molecule has 0 aliphatic rings. The Labute approximate surface area is 83.4 Å². The lowest BCUT2D eigenvalue weighted by Crippen LogP contribution is -2.06. The number of hydrogen-bond donors (Lipinski definition) is 1. The van der Waals surface area contributed by atoms with Crippen molar-refractivity contribution >= 4 is 11.4 Å². The van der Waals surface area contributed by atoms with Crippen LogP contribution in [0.5, 0.6) is 0 Å². The van der Waals surface area contributed by atoms with Gasteiger partial charge in [-0.2, -0.15) is 18.4 Å². The summed E-state index contributed by atoms with van der Waals surface area (Å²) in [5.41, 5.74) is 3.08. The Hall–Kier alpha value is -2.21. The topological polar surface area (TPSA) is 54.2 Å². The number of nitrogens with two attached hydrogens (primary N) is 1. The molecule has 15 heavy (non-hydrogen) atoms. The van der Waals surface area contributed by atoms with Gasteiger partial charge in [-0.3, -0.25) is 0 Å². The minimum absolute atomic E-state index is 0.131. The van der Waals surface area contributed by atoms with E-state index in [4.69, 9.17) is 17.6 Å². The Morgan fingerprint density at radius 3 is 2.40 bits per heavy atom. The van der Waals surface area contributed by atoms with Gasteiger partial charge in [-0.25, -0.2) is 4.85 Å². The van der Waals surface area contributed by atoms with Crippen LogP contribution in [0.3, 0.4) is 0 Å². The monoisotopic (exact) mass is 211 g/mol. The minimum atomic E-state index is -4.64. The minimum Gasteiger partial charge on any atom is -0.398 e. The number of rotatable bonds is 0. The van der Waals surface area contributed by atoms with E-state index in [0.717, 1.165) is 6.07 Å². The summed E-state index contributed by atoms with van der Waals surface area (Å²) in [6, 6.07) is 3.05. The van der Waals surface area contributed by atoms with Crippen molar-refractivity contribution in [1.82, 2.24) is 0 Å². The maximum Gasteiger partial charge on any atom is 0.407 e. The molecular weight excluding hydrogens is 207 g/mol. The first-order chi connectivity index (χ1) is 6.90. The predicted molar refractivity (Wildman–Crippen MR) is 46.8 cm³/mol. The number of hydrogen-bond acceptors (Lipinski definition) is 2. The fourth-order valence-corrected chi connectivity index (χ4v) is 1.02. The fraction of sp³-hybridized carbons (Fsp3) is 0.111. The Kier molecular flexibility index (Phi) is 2.54. The van der Waals surface area contributed by atoms with Crippen molar-refractivity contribution in [3.8, 4) is 6.07 Å². The highest BCUT2D eigenvalue weighted by Gasteiger charge is 2.34. The standard InChI is InChI=1S/C9H4F3N3/c1-15-8-2-5(4-13)7(14)3-6(8)9(10,11)12/h2-3H,14H2. The average Bonchev–Trinajstić information content (AvgIpc) is 2.16. The van der Waals surface area contributed by atoms with Crippen molar-refractivity contribution in [1.29, 1.82) is 5.26 Å². The Balaban J connectivity index is 3.52. The van der Waals surface area contributed by atoms with Gasteiger partial charge in [-0.15, -0.1) is 0 Å². The predicted octanol–water partition coefficient (Wildman–Crippen LogP) is 2.71. The summed E-state index contributed by atoms with van der Waals surface area (Å²) in [6.07, 6.45) is -4.64. The number of benzene rings is 1. The van der Waals surface area contributed by atoms with E-state index in [1.165, 1.54) is 0 Å². The highest BCUT2D eigenvalue weighted by molar-refractivity contribution is 5.67. The summed E-state index contributed by atoms with van der Waals surface area (Å²) < 4.78 is 37.1. The molecule has 1 aromatic carbocycles. The highest BCUT2D eigenvalue weighted by Crippen LogP contribution is 2.38. The maximum absolute atomic E-state index is 12.4. The molecule has 0 aliphatic carbocycles. The largest absolute Gasteiger partial charge is 0.407 e. The second-order valence-electron chi connectivity index (χ2n) is 2.68. The molecule has 0 saturated heterocycles. The number of halogens is 3. The van der Waals surface area contributed by atoms with Gasteiger partial charge < -0.3 is 5.73 Å². The van der Waals surface area contributed by atoms with Gasteiger partial charge in [0.1, 0.15) is 0 Å². The maximum atomic E-state index is 12.4. The number of nitrogen functional groups attached to an aromatic ring is 1. The van der Waals surface area contributed by atoms with E-state index >= 15 is 0 Å². The summed E-state index contributed by atoms with van der Waals surface area (Å²) in [5.74, 6) is 0. The van der Waals surface area contributed by atoms with Gasteiger partial charge in [0, 0.05) is 5.69 Å². The van der Waals surface area contributed by atoms with Crippen LogP contribution in [0.4, 0.5) is 24.5 Å². The molecule has 3 nitrogen and oxygen atoms in total. The van der Waals surface area contributed by atoms with Crippen LogP contribution in [0, 0.1) is 17.9 Å². The van der Waals surface area contributed by atoms with E-state index in [2.05, 4.69) is 4.85 Å². The van der Waals surface area contributed by atoms with Crippen LogP contribution in [0.2, 0.25) is 0 Å². The third-order valence-electron chi connectivity index (χ3n) is 1.71. The molecule has 0 fully saturated rings. The van der Waals surface area contributed by atoms with Crippen LogP contribution < -0.4 is 5.73 Å². The summed E-state index contributed by atoms with van der Waals surface area (Å²) >= 11 is 0. The van der Waals surface area contributed by atoms with Crippen molar-refractivity contribution in [2.24, 2.45) is 0 Å². The zero-order valence-electron chi connectivity index (χ0n) is 7.26. The summed E-state index contributed by atoms with van der Waals surface area (Å²) in [4.78, 5) is 2.71. The van der Waals surface area contributed by atoms with Crippen LogP contribution in [0.1, 0.15) is 11.1 Å². The van der Waals surface area contributed by atoms with Crippen molar-refractivity contribution in [2.75, 3.05) is 5.73 Å². The van der Waals surface area contributed by atoms with Gasteiger partial charge in [-0.1, -0.05) is 0 Å². The number of anilines is 1. The van der Waals surface area contributed by atoms with Gasteiger partial charge in [0.25, 0.3) is 0 Å². The van der Waals surface area contributed by atoms with Gasteiger partial charge in [0.05, 0.1) is 23.8 Å². The zero-order chi connectivity index (χ0) is 11.6. The lowest BCUT2D eigenvalue weighted by atomic mass is 10.1. The molecule has 0 atom stereocenters. The second-order valence-corrected chi connectivity index (χ2v) is 2.68. The molecule has 0 spiro atoms. The first-order valence-electron chi connectivity index (χ1n) is 3.68. The quantitative estimate of drug-likeness (QED) is 0.529. The Bertz CT molecular complexity index is 477. The third kappa shape index (κ3) is 2.00. The fourth-order valence-electron chi connectivity index (χ4n) is 1.02. The molecule has 2 N–H and O–H groups in total. The average molecular weight is 211 g/mol. The van der Waals surface area contributed by atoms with E-state index in [9.17, 15) is 13.2 Å². The first-order valence-corrected chi connectivity index (χ1v) is 3.68. The van der Waals surface area contributed by atoms with Crippen molar-refractivity contribution in [2.45, 2.75) is 6.18 Å². The molecule has 0 unspecified atom stereocenters. The zero-order valence-corrected chi connectivity index (χ0v) is 7.26. The molecule has 0 bridgehead atoms. The van der Waals surface area contributed by atoms with Gasteiger partial charge >= 0.3 is 6.18 Å². The summed E-state index contributed by atoms with van der Waals surface area (Å²) in [6.45, 7) is 6.58. The lowest BCUT2D eigenvalue weighted by Gasteiger charge is -2.10. The van der Waals surface area contributed by atoms with Crippen LogP contribution in [0.15, 0.2) is 12.1 Å². The Morgan fingerprint density at radius 1 is 1.40 bits per heavy atom. The first kappa shape index (κ1) is 10.9. The van der Waals surface area contributed by atoms with Crippen LogP contribution in [-0.4, -0.2) is 0 Å². The molecule has 0 saturated carbocycles. The van der Waals surface area contributed by atoms with Crippen molar-refractivity contribution in [3.05, 3.63) is 34.7 Å². The van der Waals surface area contributed by atoms with E-state index in [1.807, 2.05) is 0 Å². The molecule has 0 aromatic heterocycles. The van der Waals surface area contributed by atoms with Crippen LogP contribution >= 0.6 is 0 Å². The Morgan fingerprint density at radius 2 is 2.00 bits per heavy atom. The molecule has 1 aromatic rings. The van der Waals surface area contributed by atoms with Crippen LogP contribution in [0.25, 0.3) is 4.85 Å². The van der Waals surface area contributed by atoms with Gasteiger partial charge in [0.15, 0.2) is 0 Å². The van der Waals surface area contributed by atoms with E-state index < -0.39 is 17.4 Å². The van der Waals surface area contributed by atoms with Gasteiger partial charge in [-0.05, 0) is 12.1 Å². The smallest absolute Gasteiger partial charge is 0.398 e. The molecular formula is C9H4F3N3. The van der Waals surface area contributed by atoms with Crippen molar-refractivity contribution < 1.29 is 13.2 Å². The molecule has 76 valence electrons. The normalized spacial score (nSPS) is 10.5. The number of nitrogens with zero attached hydrogens (tertiary/aromatic N) is 2. The van der Waals surface area contributed by atoms with E-state index in [1.54, 1.807) is 6.07 Å². The van der Waals surface area contributed by atoms with Crippen molar-refractivity contribution in [3.63, 3.8) is 0 Å². The van der Waals surface area contributed by atoms with Gasteiger partial charge in [0.2, 0.25) is 5.69 Å². The lowest BCUT2D eigenvalue weighted by molar-refractivity contribution is -0.136. The summed E-state index contributed by atoms with van der Waals surface area (Å²) in [7, 11) is 0. The molecule has 1 rings (SSSR count). The molecule has 6 heteroatoms. The highest BCUT2D eigenvalue weighted by atomic mass is 19.4. The second kappa shape index (κ2) is 3.50. The van der Waals surface area contributed by atoms with Crippen LogP contribution in [-0.2, 0) is 6.18 Å². The summed E-state index contributed by atoms with van der Waals surface area (Å²) in [5, 5.41) is 8.52. The SMILES string of the molecule is [C-]#[N+]c1cc(C#N)c(N)cc1C(F)(F)F. The molecule has 0 aliphatic heterocycles. The van der Waals surface area contributed by atoms with E-state index in [0.29, 0.717) is 6.07 Å². The number of alkyl halides is 3. The van der Waals surface area contributed by atoms with E-state index in [-0.39, 0.29) is 11.3 Å². The molecule has 0 radical (unpaired) electrons.